The van der Waals surface area contributed by atoms with Crippen molar-refractivity contribution in [3.8, 4) is 0 Å². The summed E-state index contributed by atoms with van der Waals surface area (Å²) < 4.78 is 23.5. The molecule has 3 aliphatic rings. The van der Waals surface area contributed by atoms with Crippen LogP contribution in [-0.2, 0) is 18.9 Å². The second kappa shape index (κ2) is 10.8. The third-order valence-electron chi connectivity index (χ3n) is 6.77. The Hall–Kier alpha value is -0.480. The number of hydrogen-bond acceptors (Lipinski definition) is 12. The first-order chi connectivity index (χ1) is 15.1. The summed E-state index contributed by atoms with van der Waals surface area (Å²) in [5.74, 6) is 0. The van der Waals surface area contributed by atoms with E-state index in [0.717, 1.165) is 6.42 Å². The van der Waals surface area contributed by atoms with E-state index in [1.165, 1.54) is 0 Å². The molecule has 2 unspecified atom stereocenters. The first-order valence-electron chi connectivity index (χ1n) is 11.4. The minimum absolute atomic E-state index is 0.0619. The zero-order valence-electron chi connectivity index (χ0n) is 18.9. The minimum atomic E-state index is -1.29. The normalized spacial score (nSPS) is 50.3. The first kappa shape index (κ1) is 26.1. The second-order valence-corrected chi connectivity index (χ2v) is 9.49. The Morgan fingerprint density at radius 1 is 1.00 bits per heavy atom. The summed E-state index contributed by atoms with van der Waals surface area (Å²) in [6.45, 7) is 1.99. The van der Waals surface area contributed by atoms with Crippen molar-refractivity contribution in [1.29, 1.82) is 0 Å². The summed E-state index contributed by atoms with van der Waals surface area (Å²) in [6, 6.07) is -2.23. The number of aliphatic hydroxyl groups is 3. The molecular weight excluding hydrogens is 422 g/mol. The maximum Gasteiger partial charge on any atom is 0.185 e. The van der Waals surface area contributed by atoms with E-state index in [9.17, 15) is 15.3 Å². The number of ether oxygens (including phenoxy) is 4. The van der Waals surface area contributed by atoms with Crippen LogP contribution >= 0.6 is 0 Å². The van der Waals surface area contributed by atoms with Gasteiger partial charge in [-0.25, -0.2) is 0 Å². The van der Waals surface area contributed by atoms with Gasteiger partial charge in [0.25, 0.3) is 0 Å². The van der Waals surface area contributed by atoms with Crippen LogP contribution in [0.15, 0.2) is 0 Å². The summed E-state index contributed by atoms with van der Waals surface area (Å²) in [6.07, 6.45) is -3.54. The van der Waals surface area contributed by atoms with Crippen molar-refractivity contribution < 1.29 is 34.3 Å². The molecule has 1 saturated carbocycles. The molecule has 2 heterocycles. The zero-order chi connectivity index (χ0) is 23.6. The van der Waals surface area contributed by atoms with Gasteiger partial charge in [-0.05, 0) is 46.2 Å². The first-order valence-corrected chi connectivity index (χ1v) is 11.4. The van der Waals surface area contributed by atoms with Crippen LogP contribution in [-0.4, -0.2) is 108 Å². The topological polar surface area (TPSA) is 214 Å². The molecule has 2 saturated heterocycles. The fourth-order valence-electron chi connectivity index (χ4n) is 4.92. The Balaban J connectivity index is 1.67. The molecular formula is C20H41N5O7. The molecule has 3 rings (SSSR count). The van der Waals surface area contributed by atoms with Crippen molar-refractivity contribution in [3.05, 3.63) is 0 Å². The molecule has 188 valence electrons. The van der Waals surface area contributed by atoms with Gasteiger partial charge in [0.05, 0.1) is 24.8 Å². The predicted octanol–water partition coefficient (Wildman–Crippen LogP) is -3.59. The van der Waals surface area contributed by atoms with Crippen LogP contribution in [0.5, 0.6) is 0 Å². The number of nitrogens with one attached hydrogen (secondary N) is 1. The van der Waals surface area contributed by atoms with E-state index < -0.39 is 60.7 Å². The number of hydrogen-bond donors (Lipinski definition) is 8. The summed E-state index contributed by atoms with van der Waals surface area (Å²) in [5, 5.41) is 35.0. The predicted molar refractivity (Wildman–Crippen MR) is 115 cm³/mol. The smallest absolute Gasteiger partial charge is 0.185 e. The van der Waals surface area contributed by atoms with E-state index >= 15 is 0 Å². The molecule has 0 radical (unpaired) electrons. The van der Waals surface area contributed by atoms with Gasteiger partial charge < -0.3 is 62.5 Å². The highest BCUT2D eigenvalue weighted by molar-refractivity contribution is 5.01. The average molecular weight is 464 g/mol. The molecule has 0 bridgehead atoms. The molecule has 12 nitrogen and oxygen atoms in total. The molecule has 12 atom stereocenters. The third-order valence-corrected chi connectivity index (χ3v) is 6.77. The summed E-state index contributed by atoms with van der Waals surface area (Å²) in [4.78, 5) is 0. The Labute approximate surface area is 188 Å². The Kier molecular flexibility index (Phi) is 8.86. The Morgan fingerprint density at radius 2 is 1.62 bits per heavy atom. The third kappa shape index (κ3) is 5.59. The minimum Gasteiger partial charge on any atom is -0.388 e. The molecule has 12 N–H and O–H groups in total. The number of likely N-dealkylation sites (N-methyl/N-ethyl adjacent to an activating group) is 1. The highest BCUT2D eigenvalue weighted by Crippen LogP contribution is 2.31. The molecule has 12 heteroatoms. The quantitative estimate of drug-likeness (QED) is 0.184. The Morgan fingerprint density at radius 3 is 2.22 bits per heavy atom. The van der Waals surface area contributed by atoms with Gasteiger partial charge in [0.15, 0.2) is 12.6 Å². The lowest BCUT2D eigenvalue weighted by Crippen LogP contribution is -2.68. The molecule has 0 amide bonds. The van der Waals surface area contributed by atoms with E-state index in [1.54, 1.807) is 14.0 Å². The van der Waals surface area contributed by atoms with Crippen molar-refractivity contribution in [3.63, 3.8) is 0 Å². The fraction of sp³-hybridized carbons (Fsp3) is 1.00. The van der Waals surface area contributed by atoms with Gasteiger partial charge in [-0.1, -0.05) is 0 Å². The van der Waals surface area contributed by atoms with Gasteiger partial charge in [0, 0.05) is 12.1 Å². The lowest BCUT2D eigenvalue weighted by atomic mass is 9.84. The van der Waals surface area contributed by atoms with Gasteiger partial charge in [-0.2, -0.15) is 0 Å². The highest BCUT2D eigenvalue weighted by atomic mass is 16.7. The number of aliphatic hydroxyl groups excluding tert-OH is 2. The number of rotatable bonds is 7. The molecule has 0 aromatic carbocycles. The maximum absolute atomic E-state index is 11.1. The van der Waals surface area contributed by atoms with Crippen LogP contribution in [0.3, 0.4) is 0 Å². The number of nitrogens with two attached hydrogens (primary N) is 4. The molecule has 2 aliphatic heterocycles. The van der Waals surface area contributed by atoms with E-state index in [2.05, 4.69) is 5.32 Å². The largest absolute Gasteiger partial charge is 0.388 e. The van der Waals surface area contributed by atoms with Crippen molar-refractivity contribution in [1.82, 2.24) is 5.32 Å². The molecule has 0 aromatic heterocycles. The molecule has 0 spiro atoms. The van der Waals surface area contributed by atoms with Crippen molar-refractivity contribution in [2.75, 3.05) is 20.2 Å². The zero-order valence-corrected chi connectivity index (χ0v) is 18.9. The van der Waals surface area contributed by atoms with Crippen molar-refractivity contribution >= 4 is 0 Å². The summed E-state index contributed by atoms with van der Waals surface area (Å²) in [7, 11) is 1.63. The van der Waals surface area contributed by atoms with E-state index in [1.807, 2.05) is 0 Å². The summed E-state index contributed by atoms with van der Waals surface area (Å²) >= 11 is 0. The van der Waals surface area contributed by atoms with Crippen LogP contribution in [0.4, 0.5) is 0 Å². The standard InChI is InChI=1S/C20H41N5O7/c1-20(28)8-29-19(14(27)17(20)25-2)32-16-12(24)7-11(23)15(13(16)26)31-18-10(22)4-3-9(30-18)5-6-21/h9-19,25-28H,3-8,21-24H2,1-2H3/t9-,10+,11-,12?,13-,14+,15+,16-,17?,18+,19+,20-/m0/s1. The van der Waals surface area contributed by atoms with Crippen LogP contribution in [0, 0.1) is 0 Å². The average Bonchev–Trinajstić information content (AvgIpc) is 2.72. The van der Waals surface area contributed by atoms with E-state index in [4.69, 9.17) is 41.9 Å². The monoisotopic (exact) mass is 463 g/mol. The van der Waals surface area contributed by atoms with Crippen LogP contribution in [0.2, 0.25) is 0 Å². The lowest BCUT2D eigenvalue weighted by molar-refractivity contribution is -0.307. The molecule has 3 fully saturated rings. The van der Waals surface area contributed by atoms with Crippen LogP contribution in [0.1, 0.15) is 32.6 Å². The van der Waals surface area contributed by atoms with E-state index in [-0.39, 0.29) is 18.8 Å². The van der Waals surface area contributed by atoms with E-state index in [0.29, 0.717) is 25.8 Å². The highest BCUT2D eigenvalue weighted by Gasteiger charge is 2.50. The molecule has 0 aromatic rings. The van der Waals surface area contributed by atoms with Crippen molar-refractivity contribution in [2.45, 2.75) is 105 Å². The van der Waals surface area contributed by atoms with Gasteiger partial charge >= 0.3 is 0 Å². The van der Waals surface area contributed by atoms with Gasteiger partial charge in [0.2, 0.25) is 0 Å². The van der Waals surface area contributed by atoms with Crippen molar-refractivity contribution in [2.24, 2.45) is 22.9 Å². The van der Waals surface area contributed by atoms with Gasteiger partial charge in [0.1, 0.15) is 30.0 Å². The molecule has 1 aliphatic carbocycles. The fourth-order valence-corrected chi connectivity index (χ4v) is 4.92. The van der Waals surface area contributed by atoms with Crippen LogP contribution in [0.25, 0.3) is 0 Å². The summed E-state index contributed by atoms with van der Waals surface area (Å²) in [5.41, 5.74) is 23.0. The lowest BCUT2D eigenvalue weighted by Gasteiger charge is -2.48. The Bertz CT molecular complexity index is 603. The maximum atomic E-state index is 11.1. The molecule has 32 heavy (non-hydrogen) atoms. The van der Waals surface area contributed by atoms with Gasteiger partial charge in [-0.3, -0.25) is 0 Å². The SMILES string of the molecule is CNC1[C@@H](O)[C@@H](O[C@H]2C(N)C[C@H](N)[C@@H](O[C@H]3O[C@H](CCN)CC[C@H]3N)[C@@H]2O)OC[C@]1(C)O. The van der Waals surface area contributed by atoms with Crippen LogP contribution < -0.4 is 28.3 Å². The second-order valence-electron chi connectivity index (χ2n) is 9.49. The van der Waals surface area contributed by atoms with Gasteiger partial charge in [-0.15, -0.1) is 0 Å².